The summed E-state index contributed by atoms with van der Waals surface area (Å²) in [5, 5.41) is 3.57. The van der Waals surface area contributed by atoms with Crippen LogP contribution in [0, 0.1) is 0 Å². The standard InChI is InChI=1S/C14H30N2O/c1-4-9-15-12-14-7-5-6-10-16(14)13(2)8-11-17-3/h13-15H,4-12H2,1-3H3. The number of methoxy groups -OCH3 is 1. The van der Waals surface area contributed by atoms with Crippen LogP contribution in [0.4, 0.5) is 0 Å². The van der Waals surface area contributed by atoms with E-state index in [4.69, 9.17) is 4.74 Å². The van der Waals surface area contributed by atoms with Crippen LogP contribution in [-0.2, 0) is 4.74 Å². The number of nitrogens with one attached hydrogen (secondary N) is 1. The number of ether oxygens (including phenoxy) is 1. The van der Waals surface area contributed by atoms with Crippen molar-refractivity contribution in [3.05, 3.63) is 0 Å². The van der Waals surface area contributed by atoms with Gasteiger partial charge in [0.2, 0.25) is 0 Å². The molecule has 0 amide bonds. The second kappa shape index (κ2) is 8.90. The van der Waals surface area contributed by atoms with Gasteiger partial charge in [0.1, 0.15) is 0 Å². The maximum atomic E-state index is 5.19. The molecule has 0 radical (unpaired) electrons. The van der Waals surface area contributed by atoms with Crippen LogP contribution in [0.2, 0.25) is 0 Å². The number of hydrogen-bond acceptors (Lipinski definition) is 3. The van der Waals surface area contributed by atoms with Gasteiger partial charge >= 0.3 is 0 Å². The average molecular weight is 242 g/mol. The monoisotopic (exact) mass is 242 g/mol. The minimum absolute atomic E-state index is 0.656. The third kappa shape index (κ3) is 5.36. The molecule has 1 aliphatic rings. The highest BCUT2D eigenvalue weighted by Gasteiger charge is 2.25. The summed E-state index contributed by atoms with van der Waals surface area (Å²) in [6.45, 7) is 9.03. The summed E-state index contributed by atoms with van der Waals surface area (Å²) in [7, 11) is 1.79. The third-order valence-corrected chi connectivity index (χ3v) is 3.79. The van der Waals surface area contributed by atoms with Gasteiger partial charge in [-0.3, -0.25) is 4.90 Å². The fraction of sp³-hybridized carbons (Fsp3) is 1.00. The topological polar surface area (TPSA) is 24.5 Å². The van der Waals surface area contributed by atoms with E-state index in [0.717, 1.165) is 32.2 Å². The molecule has 1 saturated heterocycles. The SMILES string of the molecule is CCCNCC1CCCCN1C(C)CCOC. The third-order valence-electron chi connectivity index (χ3n) is 3.79. The van der Waals surface area contributed by atoms with Crippen LogP contribution in [0.15, 0.2) is 0 Å². The van der Waals surface area contributed by atoms with Gasteiger partial charge in [0.15, 0.2) is 0 Å². The Bertz CT molecular complexity index is 187. The Morgan fingerprint density at radius 1 is 1.41 bits per heavy atom. The predicted octanol–water partition coefficient (Wildman–Crippen LogP) is 2.27. The predicted molar refractivity (Wildman–Crippen MR) is 73.5 cm³/mol. The van der Waals surface area contributed by atoms with Gasteiger partial charge in [-0.15, -0.1) is 0 Å². The van der Waals surface area contributed by atoms with E-state index >= 15 is 0 Å². The summed E-state index contributed by atoms with van der Waals surface area (Å²) in [5.74, 6) is 0. The molecule has 17 heavy (non-hydrogen) atoms. The zero-order chi connectivity index (χ0) is 12.5. The maximum Gasteiger partial charge on any atom is 0.0477 e. The minimum atomic E-state index is 0.656. The first-order valence-corrected chi connectivity index (χ1v) is 7.25. The van der Waals surface area contributed by atoms with Gasteiger partial charge in [-0.1, -0.05) is 13.3 Å². The molecule has 0 spiro atoms. The lowest BCUT2D eigenvalue weighted by Gasteiger charge is -2.40. The first-order valence-electron chi connectivity index (χ1n) is 7.25. The molecule has 1 N–H and O–H groups in total. The van der Waals surface area contributed by atoms with Crippen LogP contribution < -0.4 is 5.32 Å². The molecule has 2 unspecified atom stereocenters. The van der Waals surface area contributed by atoms with Gasteiger partial charge in [-0.25, -0.2) is 0 Å². The lowest BCUT2D eigenvalue weighted by Crippen LogP contribution is -2.49. The van der Waals surface area contributed by atoms with Crippen LogP contribution >= 0.6 is 0 Å². The summed E-state index contributed by atoms with van der Waals surface area (Å²) < 4.78 is 5.19. The normalized spacial score (nSPS) is 23.8. The van der Waals surface area contributed by atoms with Crippen LogP contribution in [0.25, 0.3) is 0 Å². The Kier molecular flexibility index (Phi) is 7.82. The Balaban J connectivity index is 2.35. The Labute approximate surface area is 107 Å². The van der Waals surface area contributed by atoms with Gasteiger partial charge in [-0.05, 0) is 45.7 Å². The Hall–Kier alpha value is -0.120. The largest absolute Gasteiger partial charge is 0.385 e. The summed E-state index contributed by atoms with van der Waals surface area (Å²) in [4.78, 5) is 2.69. The van der Waals surface area contributed by atoms with Crippen LogP contribution in [0.5, 0.6) is 0 Å². The molecule has 0 aliphatic carbocycles. The molecule has 2 atom stereocenters. The van der Waals surface area contributed by atoms with Gasteiger partial charge in [0.05, 0.1) is 0 Å². The minimum Gasteiger partial charge on any atom is -0.385 e. The highest BCUT2D eigenvalue weighted by molar-refractivity contribution is 4.82. The molecular formula is C14H30N2O. The van der Waals surface area contributed by atoms with E-state index in [-0.39, 0.29) is 0 Å². The van der Waals surface area contributed by atoms with E-state index < -0.39 is 0 Å². The van der Waals surface area contributed by atoms with Gasteiger partial charge in [0, 0.05) is 32.3 Å². The molecule has 0 bridgehead atoms. The van der Waals surface area contributed by atoms with Gasteiger partial charge in [0.25, 0.3) is 0 Å². The summed E-state index contributed by atoms with van der Waals surface area (Å²) in [6, 6.07) is 1.39. The number of nitrogens with zero attached hydrogens (tertiary/aromatic N) is 1. The van der Waals surface area contributed by atoms with E-state index in [1.807, 2.05) is 0 Å². The zero-order valence-corrected chi connectivity index (χ0v) is 11.9. The quantitative estimate of drug-likeness (QED) is 0.661. The summed E-state index contributed by atoms with van der Waals surface area (Å²) >= 11 is 0. The van der Waals surface area contributed by atoms with Gasteiger partial charge < -0.3 is 10.1 Å². The van der Waals surface area contributed by atoms with Crippen molar-refractivity contribution in [3.8, 4) is 0 Å². The van der Waals surface area contributed by atoms with Crippen LogP contribution in [0.3, 0.4) is 0 Å². The van der Waals surface area contributed by atoms with Gasteiger partial charge in [-0.2, -0.15) is 0 Å². The molecule has 0 aromatic carbocycles. The number of hydrogen-bond donors (Lipinski definition) is 1. The highest BCUT2D eigenvalue weighted by atomic mass is 16.5. The van der Waals surface area contributed by atoms with E-state index in [1.165, 1.54) is 32.2 Å². The number of rotatable bonds is 8. The average Bonchev–Trinajstić information content (AvgIpc) is 2.37. The molecule has 1 heterocycles. The summed E-state index contributed by atoms with van der Waals surface area (Å²) in [6.07, 6.45) is 6.49. The summed E-state index contributed by atoms with van der Waals surface area (Å²) in [5.41, 5.74) is 0. The lowest BCUT2D eigenvalue weighted by molar-refractivity contribution is 0.0776. The van der Waals surface area contributed by atoms with Crippen molar-refractivity contribution < 1.29 is 4.74 Å². The molecule has 0 saturated carbocycles. The fourth-order valence-corrected chi connectivity index (χ4v) is 2.72. The van der Waals surface area contributed by atoms with Crippen molar-refractivity contribution in [2.24, 2.45) is 0 Å². The molecule has 0 aromatic rings. The van der Waals surface area contributed by atoms with Crippen molar-refractivity contribution in [3.63, 3.8) is 0 Å². The lowest BCUT2D eigenvalue weighted by atomic mass is 9.99. The van der Waals surface area contributed by atoms with Crippen molar-refractivity contribution >= 4 is 0 Å². The number of piperidine rings is 1. The highest BCUT2D eigenvalue weighted by Crippen LogP contribution is 2.20. The van der Waals surface area contributed by atoms with E-state index in [2.05, 4.69) is 24.1 Å². The molecule has 3 heteroatoms. The Morgan fingerprint density at radius 3 is 2.94 bits per heavy atom. The van der Waals surface area contributed by atoms with Crippen molar-refractivity contribution in [1.29, 1.82) is 0 Å². The maximum absolute atomic E-state index is 5.19. The fourth-order valence-electron chi connectivity index (χ4n) is 2.72. The van der Waals surface area contributed by atoms with E-state index in [9.17, 15) is 0 Å². The Morgan fingerprint density at radius 2 is 2.24 bits per heavy atom. The molecular weight excluding hydrogens is 212 g/mol. The molecule has 1 aliphatic heterocycles. The molecule has 1 fully saturated rings. The number of likely N-dealkylation sites (tertiary alicyclic amines) is 1. The second-order valence-electron chi connectivity index (χ2n) is 5.22. The first-order chi connectivity index (χ1) is 8.29. The first kappa shape index (κ1) is 14.9. The van der Waals surface area contributed by atoms with Crippen LogP contribution in [-0.4, -0.2) is 50.3 Å². The molecule has 0 aromatic heterocycles. The van der Waals surface area contributed by atoms with Crippen molar-refractivity contribution in [2.75, 3.05) is 33.4 Å². The second-order valence-corrected chi connectivity index (χ2v) is 5.22. The van der Waals surface area contributed by atoms with Crippen molar-refractivity contribution in [1.82, 2.24) is 10.2 Å². The molecule has 102 valence electrons. The smallest absolute Gasteiger partial charge is 0.0477 e. The molecule has 1 rings (SSSR count). The van der Waals surface area contributed by atoms with Crippen LogP contribution in [0.1, 0.15) is 46.0 Å². The molecule has 3 nitrogen and oxygen atoms in total. The zero-order valence-electron chi connectivity index (χ0n) is 11.9. The van der Waals surface area contributed by atoms with E-state index in [1.54, 1.807) is 7.11 Å². The van der Waals surface area contributed by atoms with E-state index in [0.29, 0.717) is 6.04 Å². The van der Waals surface area contributed by atoms with Crippen molar-refractivity contribution in [2.45, 2.75) is 58.0 Å².